The molecule has 1 aliphatic rings. The Kier molecular flexibility index (Phi) is 4.42. The van der Waals surface area contributed by atoms with E-state index < -0.39 is 10.0 Å². The molecule has 2 rings (SSSR count). The van der Waals surface area contributed by atoms with E-state index >= 15 is 0 Å². The fourth-order valence-corrected chi connectivity index (χ4v) is 4.52. The molecule has 0 atom stereocenters. The molecule has 0 saturated carbocycles. The SMILES string of the molecule is Cc1cccc(S(=O)(=O)N2CCCNCC2)c1Br. The second kappa shape index (κ2) is 5.69. The van der Waals surface area contributed by atoms with Gasteiger partial charge in [-0.15, -0.1) is 0 Å². The summed E-state index contributed by atoms with van der Waals surface area (Å²) in [5.41, 5.74) is 0.934. The molecule has 0 spiro atoms. The summed E-state index contributed by atoms with van der Waals surface area (Å²) in [5.74, 6) is 0. The number of aryl methyl sites for hydroxylation is 1. The Bertz CT molecular complexity index is 523. The van der Waals surface area contributed by atoms with Gasteiger partial charge in [-0.05, 0) is 47.4 Å². The minimum atomic E-state index is -3.39. The van der Waals surface area contributed by atoms with E-state index in [1.165, 1.54) is 0 Å². The van der Waals surface area contributed by atoms with Crippen molar-refractivity contribution in [1.29, 1.82) is 0 Å². The second-order valence-corrected chi connectivity index (χ2v) is 7.09. The molecular weight excluding hydrogens is 316 g/mol. The number of hydrogen-bond acceptors (Lipinski definition) is 3. The number of rotatable bonds is 2. The summed E-state index contributed by atoms with van der Waals surface area (Å²) in [7, 11) is -3.39. The van der Waals surface area contributed by atoms with E-state index in [-0.39, 0.29) is 0 Å². The number of sulfonamides is 1. The third-order valence-corrected chi connectivity index (χ3v) is 6.33. The Morgan fingerprint density at radius 1 is 1.28 bits per heavy atom. The van der Waals surface area contributed by atoms with Crippen molar-refractivity contribution in [2.24, 2.45) is 0 Å². The van der Waals surface area contributed by atoms with E-state index in [2.05, 4.69) is 21.2 Å². The monoisotopic (exact) mass is 332 g/mol. The highest BCUT2D eigenvalue weighted by Crippen LogP contribution is 2.28. The van der Waals surface area contributed by atoms with Crippen molar-refractivity contribution >= 4 is 26.0 Å². The van der Waals surface area contributed by atoms with Crippen LogP contribution in [0.15, 0.2) is 27.6 Å². The maximum absolute atomic E-state index is 12.6. The lowest BCUT2D eigenvalue weighted by Crippen LogP contribution is -2.34. The summed E-state index contributed by atoms with van der Waals surface area (Å²) in [4.78, 5) is 0.365. The number of nitrogens with one attached hydrogen (secondary N) is 1. The van der Waals surface area contributed by atoms with Gasteiger partial charge in [0.1, 0.15) is 0 Å². The van der Waals surface area contributed by atoms with E-state index in [4.69, 9.17) is 0 Å². The smallest absolute Gasteiger partial charge is 0.244 e. The molecule has 1 saturated heterocycles. The Hall–Kier alpha value is -0.430. The van der Waals surface area contributed by atoms with Gasteiger partial charge in [0, 0.05) is 24.1 Å². The van der Waals surface area contributed by atoms with Crippen LogP contribution in [0.25, 0.3) is 0 Å². The normalized spacial score (nSPS) is 18.6. The Morgan fingerprint density at radius 2 is 2.06 bits per heavy atom. The first-order valence-electron chi connectivity index (χ1n) is 5.99. The molecule has 1 aliphatic heterocycles. The molecule has 1 heterocycles. The van der Waals surface area contributed by atoms with Crippen LogP contribution in [0.1, 0.15) is 12.0 Å². The number of hydrogen-bond donors (Lipinski definition) is 1. The maximum Gasteiger partial charge on any atom is 0.244 e. The molecule has 1 fully saturated rings. The molecule has 6 heteroatoms. The van der Waals surface area contributed by atoms with Crippen LogP contribution in [0, 0.1) is 6.92 Å². The third-order valence-electron chi connectivity index (χ3n) is 3.07. The minimum Gasteiger partial charge on any atom is -0.315 e. The average molecular weight is 333 g/mol. The van der Waals surface area contributed by atoms with Crippen LogP contribution in [0.3, 0.4) is 0 Å². The van der Waals surface area contributed by atoms with Gasteiger partial charge < -0.3 is 5.32 Å². The highest BCUT2D eigenvalue weighted by molar-refractivity contribution is 9.10. The zero-order valence-electron chi connectivity index (χ0n) is 10.3. The molecule has 0 aliphatic carbocycles. The van der Waals surface area contributed by atoms with Gasteiger partial charge in [0.25, 0.3) is 0 Å². The number of halogens is 1. The van der Waals surface area contributed by atoms with Crippen LogP contribution in [0.5, 0.6) is 0 Å². The van der Waals surface area contributed by atoms with Gasteiger partial charge in [-0.2, -0.15) is 4.31 Å². The van der Waals surface area contributed by atoms with Crippen LogP contribution in [0.2, 0.25) is 0 Å². The quantitative estimate of drug-likeness (QED) is 0.897. The summed E-state index contributed by atoms with van der Waals surface area (Å²) in [6, 6.07) is 5.33. The first-order valence-corrected chi connectivity index (χ1v) is 8.23. The topological polar surface area (TPSA) is 49.4 Å². The molecule has 18 heavy (non-hydrogen) atoms. The highest BCUT2D eigenvalue weighted by Gasteiger charge is 2.27. The number of nitrogens with zero attached hydrogens (tertiary/aromatic N) is 1. The van der Waals surface area contributed by atoms with Gasteiger partial charge >= 0.3 is 0 Å². The maximum atomic E-state index is 12.6. The average Bonchev–Trinajstić information content (AvgIpc) is 2.61. The van der Waals surface area contributed by atoms with Gasteiger partial charge in [0.05, 0.1) is 4.90 Å². The Labute approximate surface area is 117 Å². The fraction of sp³-hybridized carbons (Fsp3) is 0.500. The predicted octanol–water partition coefficient (Wildman–Crippen LogP) is 1.74. The lowest BCUT2D eigenvalue weighted by Gasteiger charge is -2.20. The second-order valence-electron chi connectivity index (χ2n) is 4.39. The van der Waals surface area contributed by atoms with Gasteiger partial charge in [0.2, 0.25) is 10.0 Å². The van der Waals surface area contributed by atoms with E-state index in [0.717, 1.165) is 18.5 Å². The zero-order valence-corrected chi connectivity index (χ0v) is 12.7. The molecule has 100 valence electrons. The van der Waals surface area contributed by atoms with E-state index in [1.54, 1.807) is 16.4 Å². The van der Waals surface area contributed by atoms with Crippen LogP contribution >= 0.6 is 15.9 Å². The molecule has 0 unspecified atom stereocenters. The standard InChI is InChI=1S/C12H17BrN2O2S/c1-10-4-2-5-11(12(10)13)18(16,17)15-8-3-6-14-7-9-15/h2,4-5,14H,3,6-9H2,1H3. The predicted molar refractivity (Wildman–Crippen MR) is 75.1 cm³/mol. The molecule has 0 aromatic heterocycles. The molecule has 1 aromatic carbocycles. The first kappa shape index (κ1) is 14.0. The molecule has 4 nitrogen and oxygen atoms in total. The zero-order chi connectivity index (χ0) is 13.2. The van der Waals surface area contributed by atoms with Crippen LogP contribution < -0.4 is 5.32 Å². The summed E-state index contributed by atoms with van der Waals surface area (Å²) in [6.45, 7) is 4.59. The van der Waals surface area contributed by atoms with Crippen LogP contribution in [0.4, 0.5) is 0 Å². The largest absolute Gasteiger partial charge is 0.315 e. The van der Waals surface area contributed by atoms with E-state index in [0.29, 0.717) is 29.0 Å². The van der Waals surface area contributed by atoms with Gasteiger partial charge in [-0.3, -0.25) is 0 Å². The van der Waals surface area contributed by atoms with Gasteiger partial charge in [-0.25, -0.2) is 8.42 Å². The summed E-state index contributed by atoms with van der Waals surface area (Å²) >= 11 is 3.38. The van der Waals surface area contributed by atoms with Crippen molar-refractivity contribution in [3.05, 3.63) is 28.2 Å². The van der Waals surface area contributed by atoms with Crippen molar-refractivity contribution in [3.8, 4) is 0 Å². The van der Waals surface area contributed by atoms with Gasteiger partial charge in [-0.1, -0.05) is 12.1 Å². The summed E-state index contributed by atoms with van der Waals surface area (Å²) in [6.07, 6.45) is 0.850. The third kappa shape index (κ3) is 2.77. The summed E-state index contributed by atoms with van der Waals surface area (Å²) < 4.78 is 27.4. The molecule has 1 aromatic rings. The lowest BCUT2D eigenvalue weighted by molar-refractivity contribution is 0.431. The lowest BCUT2D eigenvalue weighted by atomic mass is 10.2. The van der Waals surface area contributed by atoms with Crippen LogP contribution in [-0.2, 0) is 10.0 Å². The highest BCUT2D eigenvalue weighted by atomic mass is 79.9. The van der Waals surface area contributed by atoms with E-state index in [9.17, 15) is 8.42 Å². The van der Waals surface area contributed by atoms with Crippen molar-refractivity contribution in [1.82, 2.24) is 9.62 Å². The summed E-state index contributed by atoms with van der Waals surface area (Å²) in [5, 5.41) is 3.21. The molecular formula is C12H17BrN2O2S. The van der Waals surface area contributed by atoms with Crippen molar-refractivity contribution in [3.63, 3.8) is 0 Å². The van der Waals surface area contributed by atoms with Crippen molar-refractivity contribution in [2.45, 2.75) is 18.2 Å². The van der Waals surface area contributed by atoms with Crippen LogP contribution in [-0.4, -0.2) is 38.9 Å². The van der Waals surface area contributed by atoms with Crippen molar-refractivity contribution < 1.29 is 8.42 Å². The number of benzene rings is 1. The molecule has 0 bridgehead atoms. The Morgan fingerprint density at radius 3 is 2.83 bits per heavy atom. The molecule has 1 N–H and O–H groups in total. The van der Waals surface area contributed by atoms with E-state index in [1.807, 2.05) is 13.0 Å². The first-order chi connectivity index (χ1) is 8.53. The Balaban J connectivity index is 2.38. The fourth-order valence-electron chi connectivity index (χ4n) is 2.02. The molecule has 0 radical (unpaired) electrons. The molecule has 0 amide bonds. The minimum absolute atomic E-state index is 0.365. The van der Waals surface area contributed by atoms with Crippen molar-refractivity contribution in [2.75, 3.05) is 26.2 Å². The van der Waals surface area contributed by atoms with Gasteiger partial charge in [0.15, 0.2) is 0 Å².